The Morgan fingerprint density at radius 2 is 1.08 bits per heavy atom. The maximum absolute atomic E-state index is 12.2. The smallest absolute Gasteiger partial charge is 0.418 e. The van der Waals surface area contributed by atoms with Crippen LogP contribution in [0.3, 0.4) is 0 Å². The fourth-order valence-electron chi connectivity index (χ4n) is 2.19. The minimum Gasteiger partial charge on any atom is -0.447 e. The van der Waals surface area contributed by atoms with Crippen LogP contribution < -0.4 is 0 Å². The van der Waals surface area contributed by atoms with Gasteiger partial charge in [-0.25, -0.2) is 9.59 Å². The van der Waals surface area contributed by atoms with Crippen molar-refractivity contribution in [3.8, 4) is 0 Å². The van der Waals surface area contributed by atoms with Gasteiger partial charge >= 0.3 is 11.9 Å². The molecule has 0 rings (SSSR count). The molecule has 0 fully saturated rings. The molecule has 0 aromatic carbocycles. The van der Waals surface area contributed by atoms with Crippen LogP contribution >= 0.6 is 0 Å². The number of allylic oxidation sites excluding steroid dienone is 4. The van der Waals surface area contributed by atoms with Gasteiger partial charge in [0, 0.05) is 0 Å². The molecule has 0 aliphatic rings. The molecule has 0 radical (unpaired) electrons. The van der Waals surface area contributed by atoms with Gasteiger partial charge in [-0.3, -0.25) is 0 Å². The van der Waals surface area contributed by atoms with Crippen molar-refractivity contribution >= 4 is 11.9 Å². The average Bonchev–Trinajstić information content (AvgIpc) is 2.53. The lowest BCUT2D eigenvalue weighted by Crippen LogP contribution is -2.38. The second-order valence-electron chi connectivity index (χ2n) is 7.45. The fourth-order valence-corrected chi connectivity index (χ4v) is 2.19. The zero-order valence-electron chi connectivity index (χ0n) is 17.2. The lowest BCUT2D eigenvalue weighted by molar-refractivity contribution is -0.180. The highest BCUT2D eigenvalue weighted by Crippen LogP contribution is 2.23. The number of carbonyl (C=O) groups excluding carboxylic acids is 2. The fraction of sp³-hybridized carbons (Fsp3) is 0.545. The molecule has 26 heavy (non-hydrogen) atoms. The molecule has 0 amide bonds. The van der Waals surface area contributed by atoms with Crippen LogP contribution in [0.5, 0.6) is 0 Å². The normalized spacial score (nSPS) is 14.8. The van der Waals surface area contributed by atoms with E-state index in [9.17, 15) is 9.59 Å². The predicted octanol–water partition coefficient (Wildman–Crippen LogP) is 5.46. The molecule has 0 saturated heterocycles. The molecule has 4 heteroatoms. The van der Waals surface area contributed by atoms with Crippen LogP contribution in [0, 0.1) is 0 Å². The summed E-state index contributed by atoms with van der Waals surface area (Å²) in [7, 11) is 0. The lowest BCUT2D eigenvalue weighted by Gasteiger charge is -2.28. The molecule has 2 atom stereocenters. The van der Waals surface area contributed by atoms with Crippen molar-refractivity contribution in [1.29, 1.82) is 0 Å². The van der Waals surface area contributed by atoms with E-state index >= 15 is 0 Å². The van der Waals surface area contributed by atoms with Gasteiger partial charge in [-0.2, -0.15) is 0 Å². The molecule has 0 aromatic heterocycles. The van der Waals surface area contributed by atoms with Crippen molar-refractivity contribution in [3.05, 3.63) is 48.6 Å². The molecule has 0 aliphatic heterocycles. The highest BCUT2D eigenvalue weighted by molar-refractivity contribution is 6.30. The Labute approximate surface area is 158 Å². The van der Waals surface area contributed by atoms with Gasteiger partial charge in [0.1, 0.15) is 11.2 Å². The van der Waals surface area contributed by atoms with Crippen LogP contribution in [0.15, 0.2) is 48.6 Å². The van der Waals surface area contributed by atoms with Crippen LogP contribution in [-0.2, 0) is 19.1 Å². The summed E-state index contributed by atoms with van der Waals surface area (Å²) in [5.41, 5.74) is 0.518. The summed E-state index contributed by atoms with van der Waals surface area (Å²) < 4.78 is 10.7. The molecule has 0 aliphatic carbocycles. The molecule has 0 saturated carbocycles. The Hall–Kier alpha value is -2.10. The van der Waals surface area contributed by atoms with Crippen molar-refractivity contribution in [2.45, 2.75) is 78.4 Å². The van der Waals surface area contributed by atoms with E-state index in [1.165, 1.54) is 11.1 Å². The van der Waals surface area contributed by atoms with Gasteiger partial charge in [-0.15, -0.1) is 0 Å². The third kappa shape index (κ3) is 9.40. The van der Waals surface area contributed by atoms with Gasteiger partial charge < -0.3 is 9.47 Å². The highest BCUT2D eigenvalue weighted by Gasteiger charge is 2.33. The first-order valence-electron chi connectivity index (χ1n) is 8.97. The van der Waals surface area contributed by atoms with E-state index in [1.807, 2.05) is 39.8 Å². The largest absolute Gasteiger partial charge is 0.447 e. The Kier molecular flexibility index (Phi) is 9.92. The summed E-state index contributed by atoms with van der Waals surface area (Å²) in [6.07, 6.45) is 9.70. The van der Waals surface area contributed by atoms with Gasteiger partial charge in [0.15, 0.2) is 0 Å². The molecule has 2 unspecified atom stereocenters. The number of hydrogen-bond acceptors (Lipinski definition) is 4. The zero-order valence-corrected chi connectivity index (χ0v) is 17.2. The third-order valence-electron chi connectivity index (χ3n) is 4.07. The summed E-state index contributed by atoms with van der Waals surface area (Å²) in [5.74, 6) is -2.03. The predicted molar refractivity (Wildman–Crippen MR) is 107 cm³/mol. The number of hydrogen-bond donors (Lipinski definition) is 0. The van der Waals surface area contributed by atoms with Crippen LogP contribution in [0.25, 0.3) is 0 Å². The maximum atomic E-state index is 12.2. The minimum absolute atomic E-state index is 0.542. The number of ether oxygens (including phenoxy) is 2. The zero-order chi connectivity index (χ0) is 20.4. The summed E-state index contributed by atoms with van der Waals surface area (Å²) >= 11 is 0. The van der Waals surface area contributed by atoms with E-state index in [-0.39, 0.29) is 0 Å². The highest BCUT2D eigenvalue weighted by atomic mass is 16.6. The molecule has 0 spiro atoms. The Bertz CT molecular complexity index is 525. The van der Waals surface area contributed by atoms with Crippen molar-refractivity contribution in [3.63, 3.8) is 0 Å². The molecule has 146 valence electrons. The second kappa shape index (κ2) is 10.8. The van der Waals surface area contributed by atoms with Crippen LogP contribution in [0.1, 0.15) is 67.2 Å². The monoisotopic (exact) mass is 362 g/mol. The molecular formula is C22H34O4. The van der Waals surface area contributed by atoms with Crippen molar-refractivity contribution in [1.82, 2.24) is 0 Å². The van der Waals surface area contributed by atoms with Gasteiger partial charge in [-0.1, -0.05) is 36.5 Å². The number of esters is 2. The van der Waals surface area contributed by atoms with Crippen molar-refractivity contribution < 1.29 is 19.1 Å². The van der Waals surface area contributed by atoms with Crippen LogP contribution in [-0.4, -0.2) is 23.1 Å². The van der Waals surface area contributed by atoms with E-state index in [0.717, 1.165) is 12.8 Å². The maximum Gasteiger partial charge on any atom is 0.418 e. The van der Waals surface area contributed by atoms with E-state index in [0.29, 0.717) is 12.8 Å². The van der Waals surface area contributed by atoms with E-state index in [1.54, 1.807) is 26.0 Å². The number of carbonyl (C=O) groups is 2. The third-order valence-corrected chi connectivity index (χ3v) is 4.07. The molecule has 0 N–H and O–H groups in total. The van der Waals surface area contributed by atoms with Gasteiger partial charge in [0.2, 0.25) is 0 Å². The Morgan fingerprint density at radius 1 is 0.769 bits per heavy atom. The second-order valence-corrected chi connectivity index (χ2v) is 7.45. The van der Waals surface area contributed by atoms with E-state index in [2.05, 4.69) is 13.2 Å². The lowest BCUT2D eigenvalue weighted by atomic mass is 9.99. The van der Waals surface area contributed by atoms with E-state index < -0.39 is 23.1 Å². The molecular weight excluding hydrogens is 328 g/mol. The van der Waals surface area contributed by atoms with Gasteiger partial charge in [-0.05, 0) is 79.4 Å². The average molecular weight is 363 g/mol. The summed E-state index contributed by atoms with van der Waals surface area (Å²) in [6.45, 7) is 18.9. The SMILES string of the molecule is C=CC(C)(CCC=C(C)C)OC(=O)C(=O)OC(C)(C=C)CCC=C(C)C. The van der Waals surface area contributed by atoms with Crippen molar-refractivity contribution in [2.24, 2.45) is 0 Å². The first-order valence-corrected chi connectivity index (χ1v) is 8.97. The van der Waals surface area contributed by atoms with Gasteiger partial charge in [0.05, 0.1) is 0 Å². The summed E-state index contributed by atoms with van der Waals surface area (Å²) in [4.78, 5) is 24.4. The molecule has 4 nitrogen and oxygen atoms in total. The summed E-state index contributed by atoms with van der Waals surface area (Å²) in [5, 5.41) is 0. The molecule has 0 aromatic rings. The Balaban J connectivity index is 4.88. The minimum atomic E-state index is -1.01. The summed E-state index contributed by atoms with van der Waals surface area (Å²) in [6, 6.07) is 0. The van der Waals surface area contributed by atoms with Crippen LogP contribution in [0.2, 0.25) is 0 Å². The quantitative estimate of drug-likeness (QED) is 0.294. The first kappa shape index (κ1) is 23.9. The topological polar surface area (TPSA) is 52.6 Å². The number of rotatable bonds is 10. The molecule has 0 heterocycles. The van der Waals surface area contributed by atoms with E-state index in [4.69, 9.17) is 9.47 Å². The Morgan fingerprint density at radius 3 is 1.31 bits per heavy atom. The first-order chi connectivity index (χ1) is 12.0. The van der Waals surface area contributed by atoms with Crippen molar-refractivity contribution in [2.75, 3.05) is 0 Å². The van der Waals surface area contributed by atoms with Crippen LogP contribution in [0.4, 0.5) is 0 Å². The van der Waals surface area contributed by atoms with Gasteiger partial charge in [0.25, 0.3) is 0 Å². The molecule has 0 bridgehead atoms. The standard InChI is InChI=1S/C22H34O4/c1-9-21(7,15-11-13-17(3)4)25-19(23)20(24)26-22(8,10-2)16-12-14-18(5)6/h9-10,13-14H,1-2,11-12,15-16H2,3-8H3.